The van der Waals surface area contributed by atoms with Crippen LogP contribution < -0.4 is 42.6 Å². The Kier molecular flexibility index (Phi) is 49.9. The van der Waals surface area contributed by atoms with Gasteiger partial charge in [-0.15, -0.1) is 20.4 Å². The average molecular weight is 2000 g/mol. The summed E-state index contributed by atoms with van der Waals surface area (Å²) in [5, 5.41) is 50.0. The zero-order valence-corrected chi connectivity index (χ0v) is 83.7. The van der Waals surface area contributed by atoms with Gasteiger partial charge in [0.2, 0.25) is 11.6 Å². The Hall–Kier alpha value is -12.3. The van der Waals surface area contributed by atoms with E-state index in [0.717, 1.165) is 43.9 Å². The fourth-order valence-corrected chi connectivity index (χ4v) is 17.9. The molecule has 14 nitrogen and oxygen atoms in total. The SMILES string of the molecule is C.CN(c1ccc(-c2ccccc2-c2nn[nH]n2)cc1N)C1CCCCC1.CN(c1ccc(Br)cc1N)C1CCCCC1.OB(O)c1ccccc1-c1nn[nH]n1.P.P.P.[Pd].[c-]1ccccc1.c1ccc(-c2ccccc2)cc1.c1ccc(-c2ccccc2)cc1.c1ccc(-c2ccccc2)cc1.c1ccc(-c2ccccc2)cc1.c1ccc(P(c2ccccc2)c2ccccc2)cc1. The molecule has 18 aromatic rings. The van der Waals surface area contributed by atoms with E-state index in [-0.39, 0.29) is 57.5 Å². The Morgan fingerprint density at radius 2 is 0.597 bits per heavy atom. The van der Waals surface area contributed by atoms with Gasteiger partial charge in [0.1, 0.15) is 0 Å². The number of nitrogens with zero attached hydrogens (tertiary/aromatic N) is 8. The molecule has 2 aliphatic rings. The molecular formula is C113H123BBrN12O2P4Pd-. The van der Waals surface area contributed by atoms with Gasteiger partial charge in [-0.25, -0.2) is 0 Å². The number of hydrogen-bond donors (Lipinski definition) is 6. The summed E-state index contributed by atoms with van der Waals surface area (Å²) >= 11 is 3.44. The quantitative estimate of drug-likeness (QED) is 0.0245. The van der Waals surface area contributed by atoms with Gasteiger partial charge in [-0.3, -0.25) is 0 Å². The number of tetrazole rings is 2. The maximum Gasteiger partial charge on any atom is 0.489 e. The van der Waals surface area contributed by atoms with Crippen molar-refractivity contribution in [3.63, 3.8) is 0 Å². The second kappa shape index (κ2) is 61.5. The van der Waals surface area contributed by atoms with Crippen LogP contribution >= 0.6 is 53.5 Å². The molecule has 3 unspecified atom stereocenters. The first kappa shape index (κ1) is 109. The molecule has 0 aliphatic heterocycles. The Morgan fingerprint density at radius 1 is 0.328 bits per heavy atom. The molecule has 0 radical (unpaired) electrons. The first-order valence-corrected chi connectivity index (χ1v) is 45.9. The van der Waals surface area contributed by atoms with Crippen molar-refractivity contribution >= 4 is 105 Å². The van der Waals surface area contributed by atoms with Gasteiger partial charge < -0.3 is 31.3 Å². The summed E-state index contributed by atoms with van der Waals surface area (Å²) in [4.78, 5) is 4.70. The monoisotopic (exact) mass is 2000 g/mol. The van der Waals surface area contributed by atoms with E-state index in [1.54, 1.807) is 24.3 Å². The van der Waals surface area contributed by atoms with Crippen LogP contribution in [0.15, 0.2) is 453 Å². The summed E-state index contributed by atoms with van der Waals surface area (Å²) in [6.07, 6.45) is 13.2. The Morgan fingerprint density at radius 3 is 0.873 bits per heavy atom. The molecule has 2 fully saturated rings. The molecule has 21 heteroatoms. The molecule has 0 saturated heterocycles. The van der Waals surface area contributed by atoms with E-state index in [4.69, 9.17) is 21.5 Å². The molecule has 3 atom stereocenters. The maximum atomic E-state index is 9.07. The van der Waals surface area contributed by atoms with Gasteiger partial charge in [-0.05, 0) is 151 Å². The van der Waals surface area contributed by atoms with Crippen LogP contribution in [0.3, 0.4) is 0 Å². The summed E-state index contributed by atoms with van der Waals surface area (Å²) < 4.78 is 1.05. The van der Waals surface area contributed by atoms with Crippen molar-refractivity contribution in [1.82, 2.24) is 41.2 Å². The van der Waals surface area contributed by atoms with Gasteiger partial charge in [0.05, 0.1) is 22.7 Å². The molecule has 20 rings (SSSR count). The van der Waals surface area contributed by atoms with Crippen molar-refractivity contribution in [1.29, 1.82) is 0 Å². The van der Waals surface area contributed by atoms with Gasteiger partial charge in [0, 0.05) is 62.2 Å². The van der Waals surface area contributed by atoms with E-state index in [9.17, 15) is 0 Å². The van der Waals surface area contributed by atoms with Gasteiger partial charge in [0.25, 0.3) is 0 Å². The number of H-pyrrole nitrogens is 2. The smallest absolute Gasteiger partial charge is 0.423 e. The van der Waals surface area contributed by atoms with Gasteiger partial charge >= 0.3 is 7.12 Å². The van der Waals surface area contributed by atoms with Crippen molar-refractivity contribution in [2.24, 2.45) is 0 Å². The van der Waals surface area contributed by atoms with E-state index in [1.807, 2.05) is 109 Å². The van der Waals surface area contributed by atoms with E-state index >= 15 is 0 Å². The van der Waals surface area contributed by atoms with Crippen molar-refractivity contribution in [3.8, 4) is 78.4 Å². The molecular weight excluding hydrogens is 1880 g/mol. The number of rotatable bonds is 15. The molecule has 2 saturated carbocycles. The van der Waals surface area contributed by atoms with E-state index < -0.39 is 15.0 Å². The van der Waals surface area contributed by atoms with Crippen LogP contribution in [0, 0.1) is 6.07 Å². The van der Waals surface area contributed by atoms with Crippen molar-refractivity contribution in [2.45, 2.75) is 83.7 Å². The van der Waals surface area contributed by atoms with Gasteiger partial charge in [-0.2, -0.15) is 76.5 Å². The number of benzene rings is 16. The van der Waals surface area contributed by atoms with Crippen LogP contribution in [0.1, 0.15) is 71.6 Å². The summed E-state index contributed by atoms with van der Waals surface area (Å²) in [6.45, 7) is 0. The number of nitrogens with two attached hydrogens (primary N) is 2. The van der Waals surface area contributed by atoms with Crippen LogP contribution in [0.25, 0.3) is 78.4 Å². The Bertz CT molecular complexity index is 5500. The summed E-state index contributed by atoms with van der Waals surface area (Å²) in [7, 11) is 2.34. The van der Waals surface area contributed by atoms with Gasteiger partial charge in [0.15, 0.2) is 0 Å². The van der Waals surface area contributed by atoms with Crippen molar-refractivity contribution in [2.75, 3.05) is 35.4 Å². The third-order valence-electron chi connectivity index (χ3n) is 21.8. The summed E-state index contributed by atoms with van der Waals surface area (Å²) in [5.74, 6) is 0.927. The van der Waals surface area contributed by atoms with Crippen LogP contribution in [0.2, 0.25) is 0 Å². The molecule has 16 aromatic carbocycles. The zero-order chi connectivity index (χ0) is 89.5. The predicted octanol–water partition coefficient (Wildman–Crippen LogP) is 25.4. The molecule has 2 aliphatic carbocycles. The first-order chi connectivity index (χ1) is 63.5. The molecule has 2 heterocycles. The van der Waals surface area contributed by atoms with Crippen LogP contribution in [-0.2, 0) is 20.4 Å². The van der Waals surface area contributed by atoms with E-state index in [2.05, 4.69) is 403 Å². The second-order valence-corrected chi connectivity index (χ2v) is 33.7. The minimum Gasteiger partial charge on any atom is -0.423 e. The number of anilines is 4. The molecule has 8 N–H and O–H groups in total. The summed E-state index contributed by atoms with van der Waals surface area (Å²) in [6, 6.07) is 156. The minimum atomic E-state index is -1.54. The maximum absolute atomic E-state index is 9.07. The fraction of sp³-hybridized carbons (Fsp3) is 0.133. The third kappa shape index (κ3) is 34.9. The van der Waals surface area contributed by atoms with E-state index in [1.165, 1.54) is 125 Å². The van der Waals surface area contributed by atoms with Crippen molar-refractivity contribution in [3.05, 3.63) is 459 Å². The van der Waals surface area contributed by atoms with E-state index in [0.29, 0.717) is 34.8 Å². The predicted molar refractivity (Wildman–Crippen MR) is 586 cm³/mol. The topological polar surface area (TPSA) is 208 Å². The fourth-order valence-electron chi connectivity index (χ4n) is 15.2. The number of nitrogens with one attached hydrogen (secondary N) is 2. The zero-order valence-electron chi connectivity index (χ0n) is 75.4. The number of aromatic nitrogens is 8. The van der Waals surface area contributed by atoms with Gasteiger partial charge in [-0.1, -0.05) is 450 Å². The first-order valence-electron chi connectivity index (χ1n) is 43.7. The Balaban J connectivity index is 0.000000209. The molecule has 0 amide bonds. The number of nitrogen functional groups attached to an aromatic ring is 2. The minimum absolute atomic E-state index is 0. The number of hydrogen-bond acceptors (Lipinski definition) is 12. The second-order valence-electron chi connectivity index (χ2n) is 30.6. The standard InChI is InChI=1S/C20H24N6.C18H15P.C13H19BrN2.4C12H10.C7H7BN4O2.C6H5.CH4.3H3P.Pd/c1-26(15-7-3-2-4-8-15)19-12-11-14(13-18(19)21)16-9-5-6-10-17(16)20-22-24-25-23-20;1-4-10-16(11-5-1)19(17-12-6-2-7-13-17)18-14-8-3-9-15-18;1-16(11-5-3-2-4-6-11)13-8-7-10(14)9-12(13)15;4*1-3-7-11(8-4-1)12-9-5-2-6-10-12;13-8(14)6-4-2-1-3-5(6)7-9-11-12-10-7;1-2-4-6-5-3-1;;;;;/h5-6,9-13,15H,2-4,7-8,21H2,1H3,(H,22,23,24,25);1-15H;7-9,11H,2-6,15H2,1H3;4*1-10H;1-4,13-14H,(H,9,10,11,12);1-5H;1H4;3*1H3;/q;;;;;;;;-1;;;;;. The normalized spacial score (nSPS) is 11.4. The van der Waals surface area contributed by atoms with Crippen LogP contribution in [0.4, 0.5) is 22.7 Å². The number of aromatic amines is 2. The molecule has 2 aromatic heterocycles. The molecule has 0 spiro atoms. The van der Waals surface area contributed by atoms with Crippen LogP contribution in [-0.4, -0.2) is 84.6 Å². The summed E-state index contributed by atoms with van der Waals surface area (Å²) in [5.41, 5.74) is 30.6. The Labute approximate surface area is 827 Å². The van der Waals surface area contributed by atoms with Crippen molar-refractivity contribution < 1.29 is 30.5 Å². The molecule has 134 heavy (non-hydrogen) atoms. The average Bonchev–Trinajstić information content (AvgIpc) is 1.02. The largest absolute Gasteiger partial charge is 0.489 e. The molecule has 688 valence electrons. The van der Waals surface area contributed by atoms with Crippen LogP contribution in [0.5, 0.6) is 0 Å². The number of halogens is 1. The third-order valence-corrected chi connectivity index (χ3v) is 24.8. The molecule has 0 bridgehead atoms.